The first-order valence-corrected chi connectivity index (χ1v) is 9.17. The number of benzene rings is 1. The third-order valence-corrected chi connectivity index (χ3v) is 4.81. The Labute approximate surface area is 149 Å². The molecule has 5 heteroatoms. The van der Waals surface area contributed by atoms with Crippen molar-refractivity contribution >= 4 is 11.6 Å². The number of hydrogen-bond donors (Lipinski definition) is 2. The van der Waals surface area contributed by atoms with E-state index >= 15 is 0 Å². The van der Waals surface area contributed by atoms with Crippen molar-refractivity contribution in [3.05, 3.63) is 48.0 Å². The Balaban J connectivity index is 1.67. The number of carbonyl (C=O) groups is 1. The van der Waals surface area contributed by atoms with Gasteiger partial charge in [-0.1, -0.05) is 26.0 Å². The van der Waals surface area contributed by atoms with Crippen molar-refractivity contribution in [2.75, 3.05) is 11.9 Å². The first-order chi connectivity index (χ1) is 12.0. The van der Waals surface area contributed by atoms with Crippen LogP contribution in [0, 0.1) is 5.92 Å². The molecule has 5 nitrogen and oxygen atoms in total. The lowest BCUT2D eigenvalue weighted by Gasteiger charge is -2.27. The summed E-state index contributed by atoms with van der Waals surface area (Å²) in [5.41, 5.74) is 2.04. The molecule has 2 aromatic rings. The van der Waals surface area contributed by atoms with Crippen LogP contribution in [0.2, 0.25) is 0 Å². The fourth-order valence-electron chi connectivity index (χ4n) is 3.51. The van der Waals surface area contributed by atoms with E-state index in [0.29, 0.717) is 12.0 Å². The van der Waals surface area contributed by atoms with Crippen LogP contribution in [0.15, 0.2) is 36.7 Å². The lowest BCUT2D eigenvalue weighted by molar-refractivity contribution is -0.120. The van der Waals surface area contributed by atoms with E-state index in [-0.39, 0.29) is 11.8 Å². The maximum absolute atomic E-state index is 12.5. The summed E-state index contributed by atoms with van der Waals surface area (Å²) in [6.07, 6.45) is 5.66. The molecule has 2 N–H and O–H groups in total. The van der Waals surface area contributed by atoms with Gasteiger partial charge in [0.2, 0.25) is 5.91 Å². The van der Waals surface area contributed by atoms with Crippen LogP contribution in [0.4, 0.5) is 5.69 Å². The monoisotopic (exact) mass is 340 g/mol. The highest BCUT2D eigenvalue weighted by molar-refractivity contribution is 5.92. The molecule has 0 unspecified atom stereocenters. The number of anilines is 1. The number of carbonyl (C=O) groups excluding carboxylic acids is 1. The molecule has 1 fully saturated rings. The average molecular weight is 340 g/mol. The van der Waals surface area contributed by atoms with Gasteiger partial charge in [0.15, 0.2) is 0 Å². The quantitative estimate of drug-likeness (QED) is 0.877. The number of hydrogen-bond acceptors (Lipinski definition) is 3. The fourth-order valence-corrected chi connectivity index (χ4v) is 3.51. The van der Waals surface area contributed by atoms with E-state index in [1.165, 1.54) is 0 Å². The van der Waals surface area contributed by atoms with E-state index in [4.69, 9.17) is 0 Å². The van der Waals surface area contributed by atoms with Gasteiger partial charge < -0.3 is 15.2 Å². The van der Waals surface area contributed by atoms with E-state index in [1.807, 2.05) is 24.5 Å². The summed E-state index contributed by atoms with van der Waals surface area (Å²) in [5, 5.41) is 6.49. The molecule has 1 amide bonds. The number of aromatic nitrogens is 2. The maximum atomic E-state index is 12.5. The SMILES string of the molecule is CC(C)c1nccn1Cc1cccc(NC(=O)[C@H]2CCN[C@@H](C)C2)c1. The van der Waals surface area contributed by atoms with E-state index < -0.39 is 0 Å². The summed E-state index contributed by atoms with van der Waals surface area (Å²) in [6.45, 7) is 8.11. The van der Waals surface area contributed by atoms with Gasteiger partial charge in [0.05, 0.1) is 0 Å². The minimum atomic E-state index is 0.0982. The highest BCUT2D eigenvalue weighted by Gasteiger charge is 2.24. The van der Waals surface area contributed by atoms with Crippen LogP contribution in [0.5, 0.6) is 0 Å². The lowest BCUT2D eigenvalue weighted by atomic mass is 9.92. The van der Waals surface area contributed by atoms with Gasteiger partial charge in [-0.25, -0.2) is 4.98 Å². The molecule has 1 aromatic heterocycles. The molecule has 0 spiro atoms. The molecule has 1 aliphatic rings. The molecule has 134 valence electrons. The summed E-state index contributed by atoms with van der Waals surface area (Å²) >= 11 is 0. The van der Waals surface area contributed by atoms with E-state index in [2.05, 4.69) is 53.1 Å². The Kier molecular flexibility index (Phi) is 5.53. The van der Waals surface area contributed by atoms with Crippen molar-refractivity contribution < 1.29 is 4.79 Å². The molecule has 0 bridgehead atoms. The second kappa shape index (κ2) is 7.83. The summed E-state index contributed by atoms with van der Waals surface area (Å²) in [6, 6.07) is 8.52. The largest absolute Gasteiger partial charge is 0.330 e. The summed E-state index contributed by atoms with van der Waals surface area (Å²) in [5.74, 6) is 1.70. The van der Waals surface area contributed by atoms with Crippen LogP contribution in [-0.4, -0.2) is 28.0 Å². The van der Waals surface area contributed by atoms with Crippen LogP contribution >= 0.6 is 0 Å². The molecular formula is C20H28N4O. The molecule has 0 radical (unpaired) electrons. The zero-order valence-corrected chi connectivity index (χ0v) is 15.3. The molecule has 2 atom stereocenters. The first kappa shape index (κ1) is 17.7. The van der Waals surface area contributed by atoms with Crippen molar-refractivity contribution in [3.63, 3.8) is 0 Å². The van der Waals surface area contributed by atoms with Gasteiger partial charge in [-0.3, -0.25) is 4.79 Å². The first-order valence-electron chi connectivity index (χ1n) is 9.17. The molecule has 1 aromatic carbocycles. The maximum Gasteiger partial charge on any atom is 0.227 e. The molecular weight excluding hydrogens is 312 g/mol. The van der Waals surface area contributed by atoms with Crippen molar-refractivity contribution in [3.8, 4) is 0 Å². The summed E-state index contributed by atoms with van der Waals surface area (Å²) < 4.78 is 2.17. The normalized spacial score (nSPS) is 20.6. The third kappa shape index (κ3) is 4.48. The van der Waals surface area contributed by atoms with Gasteiger partial charge in [0, 0.05) is 42.5 Å². The molecule has 1 aliphatic heterocycles. The van der Waals surface area contributed by atoms with Crippen LogP contribution in [-0.2, 0) is 11.3 Å². The van der Waals surface area contributed by atoms with Crippen molar-refractivity contribution in [2.45, 2.75) is 52.1 Å². The van der Waals surface area contributed by atoms with Crippen LogP contribution in [0.1, 0.15) is 50.9 Å². The Morgan fingerprint density at radius 1 is 1.44 bits per heavy atom. The zero-order chi connectivity index (χ0) is 17.8. The lowest BCUT2D eigenvalue weighted by Crippen LogP contribution is -2.40. The number of amides is 1. The minimum absolute atomic E-state index is 0.0982. The number of piperidine rings is 1. The van der Waals surface area contributed by atoms with Crippen LogP contribution < -0.4 is 10.6 Å². The highest BCUT2D eigenvalue weighted by atomic mass is 16.1. The number of nitrogens with zero attached hydrogens (tertiary/aromatic N) is 2. The molecule has 0 saturated carbocycles. The van der Waals surface area contributed by atoms with Gasteiger partial charge in [0.25, 0.3) is 0 Å². The van der Waals surface area contributed by atoms with Gasteiger partial charge >= 0.3 is 0 Å². The van der Waals surface area contributed by atoms with Crippen molar-refractivity contribution in [1.82, 2.24) is 14.9 Å². The van der Waals surface area contributed by atoms with E-state index in [0.717, 1.165) is 43.0 Å². The Bertz CT molecular complexity index is 722. The molecule has 3 rings (SSSR count). The molecule has 2 heterocycles. The molecule has 1 saturated heterocycles. The second-order valence-electron chi connectivity index (χ2n) is 7.33. The predicted octanol–water partition coefficient (Wildman–Crippen LogP) is 3.38. The Morgan fingerprint density at radius 2 is 2.28 bits per heavy atom. The smallest absolute Gasteiger partial charge is 0.227 e. The molecule has 25 heavy (non-hydrogen) atoms. The van der Waals surface area contributed by atoms with Gasteiger partial charge in [0.1, 0.15) is 5.82 Å². The van der Waals surface area contributed by atoms with Gasteiger partial charge in [-0.15, -0.1) is 0 Å². The zero-order valence-electron chi connectivity index (χ0n) is 15.3. The topological polar surface area (TPSA) is 59.0 Å². The number of imidazole rings is 1. The molecule has 0 aliphatic carbocycles. The van der Waals surface area contributed by atoms with Crippen molar-refractivity contribution in [1.29, 1.82) is 0 Å². The Hall–Kier alpha value is -2.14. The van der Waals surface area contributed by atoms with Crippen LogP contribution in [0.3, 0.4) is 0 Å². The van der Waals surface area contributed by atoms with Crippen LogP contribution in [0.25, 0.3) is 0 Å². The average Bonchev–Trinajstić information content (AvgIpc) is 3.03. The standard InChI is InChI=1S/C20H28N4O/c1-14(2)19-22-9-10-24(19)13-16-5-4-6-18(12-16)23-20(25)17-7-8-21-15(3)11-17/h4-6,9-10,12,14-15,17,21H,7-8,11,13H2,1-3H3,(H,23,25)/t15-,17-/m0/s1. The number of nitrogens with one attached hydrogen (secondary N) is 2. The highest BCUT2D eigenvalue weighted by Crippen LogP contribution is 2.20. The van der Waals surface area contributed by atoms with Crippen molar-refractivity contribution in [2.24, 2.45) is 5.92 Å². The number of rotatable bonds is 5. The fraction of sp³-hybridized carbons (Fsp3) is 0.500. The third-order valence-electron chi connectivity index (χ3n) is 4.81. The van der Waals surface area contributed by atoms with E-state index in [9.17, 15) is 4.79 Å². The Morgan fingerprint density at radius 3 is 3.04 bits per heavy atom. The van der Waals surface area contributed by atoms with Gasteiger partial charge in [-0.2, -0.15) is 0 Å². The minimum Gasteiger partial charge on any atom is -0.330 e. The van der Waals surface area contributed by atoms with Gasteiger partial charge in [-0.05, 0) is 44.0 Å². The summed E-state index contributed by atoms with van der Waals surface area (Å²) in [4.78, 5) is 17.0. The predicted molar refractivity (Wildman–Crippen MR) is 101 cm³/mol. The second-order valence-corrected chi connectivity index (χ2v) is 7.33. The van der Waals surface area contributed by atoms with E-state index in [1.54, 1.807) is 0 Å². The summed E-state index contributed by atoms with van der Waals surface area (Å²) in [7, 11) is 0.